The van der Waals surface area contributed by atoms with Crippen LogP contribution in [0, 0.1) is 0 Å². The van der Waals surface area contributed by atoms with Gasteiger partial charge >= 0.3 is 0 Å². The Balaban J connectivity index is 2.35. The Morgan fingerprint density at radius 2 is 1.90 bits per heavy atom. The normalized spacial score (nSPS) is 29.3. The van der Waals surface area contributed by atoms with Crippen LogP contribution in [-0.4, -0.2) is 11.0 Å². The van der Waals surface area contributed by atoms with E-state index in [9.17, 15) is 4.79 Å². The highest BCUT2D eigenvalue weighted by Crippen LogP contribution is 2.17. The van der Waals surface area contributed by atoms with Gasteiger partial charge in [-0.15, -0.1) is 0 Å². The number of rotatable bonds is 0. The van der Waals surface area contributed by atoms with Gasteiger partial charge < -0.3 is 0 Å². The average molecular weight is 158 g/mol. The van der Waals surface area contributed by atoms with Crippen molar-refractivity contribution in [1.29, 1.82) is 0 Å². The molecule has 1 fully saturated rings. The van der Waals surface area contributed by atoms with Gasteiger partial charge in [0.25, 0.3) is 0 Å². The lowest BCUT2D eigenvalue weighted by atomic mass is 9.99. The molecule has 0 heterocycles. The van der Waals surface area contributed by atoms with Crippen LogP contribution in [-0.2, 0) is 4.79 Å². The Bertz CT molecular complexity index is 122. The van der Waals surface area contributed by atoms with E-state index in [0.29, 0.717) is 5.78 Å². The first kappa shape index (κ1) is 8.12. The summed E-state index contributed by atoms with van der Waals surface area (Å²) in [5.74, 6) is 0.350. The Kier molecular flexibility index (Phi) is 3.26. The van der Waals surface area contributed by atoms with Gasteiger partial charge in [-0.3, -0.25) is 4.79 Å². The quantitative estimate of drug-likeness (QED) is 0.535. The second kappa shape index (κ2) is 4.02. The number of ketones is 1. The molecule has 0 bridgehead atoms. The van der Waals surface area contributed by atoms with Crippen LogP contribution in [0.3, 0.4) is 0 Å². The van der Waals surface area contributed by atoms with E-state index in [0.717, 1.165) is 19.3 Å². The molecule has 0 spiro atoms. The van der Waals surface area contributed by atoms with Gasteiger partial charge in [-0.1, -0.05) is 19.3 Å². The van der Waals surface area contributed by atoms with Crippen LogP contribution in [0.4, 0.5) is 0 Å². The van der Waals surface area contributed by atoms with E-state index < -0.39 is 0 Å². The Morgan fingerprint density at radius 3 is 2.70 bits per heavy atom. The summed E-state index contributed by atoms with van der Waals surface area (Å²) >= 11 is 4.22. The first-order valence-corrected chi connectivity index (χ1v) is 4.53. The molecule has 10 heavy (non-hydrogen) atoms. The third-order valence-electron chi connectivity index (χ3n) is 2.02. The Morgan fingerprint density at radius 1 is 1.20 bits per heavy atom. The summed E-state index contributed by atoms with van der Waals surface area (Å²) in [7, 11) is 0. The minimum absolute atomic E-state index is 0.0419. The molecule has 0 aliphatic heterocycles. The van der Waals surface area contributed by atoms with Crippen LogP contribution in [0.15, 0.2) is 0 Å². The highest BCUT2D eigenvalue weighted by molar-refractivity contribution is 7.81. The van der Waals surface area contributed by atoms with E-state index in [2.05, 4.69) is 12.6 Å². The first-order valence-electron chi connectivity index (χ1n) is 4.01. The molecule has 0 amide bonds. The van der Waals surface area contributed by atoms with E-state index >= 15 is 0 Å². The predicted molar refractivity (Wildman–Crippen MR) is 45.5 cm³/mol. The van der Waals surface area contributed by atoms with Gasteiger partial charge in [-0.05, 0) is 12.8 Å². The highest BCUT2D eigenvalue weighted by atomic mass is 32.1. The van der Waals surface area contributed by atoms with Crippen molar-refractivity contribution in [2.24, 2.45) is 0 Å². The fraction of sp³-hybridized carbons (Fsp3) is 0.875. The zero-order chi connectivity index (χ0) is 7.40. The molecule has 1 rings (SSSR count). The zero-order valence-corrected chi connectivity index (χ0v) is 7.07. The molecule has 0 aromatic rings. The molecule has 58 valence electrons. The van der Waals surface area contributed by atoms with Gasteiger partial charge in [-0.25, -0.2) is 0 Å². The van der Waals surface area contributed by atoms with Gasteiger partial charge in [0.05, 0.1) is 5.25 Å². The molecule has 1 unspecified atom stereocenters. The summed E-state index contributed by atoms with van der Waals surface area (Å²) in [6.07, 6.45) is 6.52. The number of hydrogen-bond acceptors (Lipinski definition) is 2. The van der Waals surface area contributed by atoms with Gasteiger partial charge in [-0.2, -0.15) is 12.6 Å². The van der Waals surface area contributed by atoms with Crippen molar-refractivity contribution in [1.82, 2.24) is 0 Å². The molecule has 0 aromatic heterocycles. The predicted octanol–water partition coefficient (Wildman–Crippen LogP) is 2.21. The number of hydrogen-bond donors (Lipinski definition) is 1. The van der Waals surface area contributed by atoms with Gasteiger partial charge in [0.15, 0.2) is 0 Å². The largest absolute Gasteiger partial charge is 0.298 e. The molecule has 0 saturated heterocycles. The van der Waals surface area contributed by atoms with Crippen LogP contribution in [0.5, 0.6) is 0 Å². The van der Waals surface area contributed by atoms with E-state index in [1.165, 1.54) is 19.3 Å². The lowest BCUT2D eigenvalue weighted by Crippen LogP contribution is -2.15. The monoisotopic (exact) mass is 158 g/mol. The molecule has 1 aliphatic rings. The Labute approximate surface area is 67.6 Å². The molecular weight excluding hydrogens is 144 g/mol. The molecule has 1 aliphatic carbocycles. The number of Topliss-reactive ketones (excluding diaryl/α,β-unsaturated/α-hetero) is 1. The van der Waals surface area contributed by atoms with E-state index in [1.807, 2.05) is 0 Å². The summed E-state index contributed by atoms with van der Waals surface area (Å²) < 4.78 is 0. The van der Waals surface area contributed by atoms with Crippen LogP contribution in [0.1, 0.15) is 38.5 Å². The molecule has 1 saturated carbocycles. The van der Waals surface area contributed by atoms with Crippen molar-refractivity contribution in [3.63, 3.8) is 0 Å². The van der Waals surface area contributed by atoms with E-state index in [-0.39, 0.29) is 5.25 Å². The third kappa shape index (κ3) is 2.33. The molecule has 0 N–H and O–H groups in total. The fourth-order valence-electron chi connectivity index (χ4n) is 1.32. The molecule has 1 atom stereocenters. The second-order valence-corrected chi connectivity index (χ2v) is 3.56. The Hall–Kier alpha value is 0.0200. The van der Waals surface area contributed by atoms with Crippen molar-refractivity contribution in [2.75, 3.05) is 0 Å². The summed E-state index contributed by atoms with van der Waals surface area (Å²) in [6.45, 7) is 0. The fourth-order valence-corrected chi connectivity index (χ4v) is 1.63. The van der Waals surface area contributed by atoms with Crippen molar-refractivity contribution in [2.45, 2.75) is 43.8 Å². The van der Waals surface area contributed by atoms with Gasteiger partial charge in [0.2, 0.25) is 0 Å². The maximum Gasteiger partial charge on any atom is 0.145 e. The lowest BCUT2D eigenvalue weighted by molar-refractivity contribution is -0.118. The summed E-state index contributed by atoms with van der Waals surface area (Å²) in [5, 5.41) is 0.0419. The summed E-state index contributed by atoms with van der Waals surface area (Å²) in [6, 6.07) is 0. The SMILES string of the molecule is O=C1CCCCCCC1S. The van der Waals surface area contributed by atoms with Crippen LogP contribution in [0.25, 0.3) is 0 Å². The van der Waals surface area contributed by atoms with Gasteiger partial charge in [0, 0.05) is 6.42 Å². The third-order valence-corrected chi connectivity index (χ3v) is 2.57. The van der Waals surface area contributed by atoms with E-state index in [1.54, 1.807) is 0 Å². The van der Waals surface area contributed by atoms with E-state index in [4.69, 9.17) is 0 Å². The minimum atomic E-state index is 0.0419. The molecule has 0 radical (unpaired) electrons. The van der Waals surface area contributed by atoms with Crippen molar-refractivity contribution >= 4 is 18.4 Å². The van der Waals surface area contributed by atoms with Crippen molar-refractivity contribution < 1.29 is 4.79 Å². The standard InChI is InChI=1S/C8H14OS/c9-7-5-3-1-2-4-6-8(7)10/h8,10H,1-6H2. The number of thiol groups is 1. The topological polar surface area (TPSA) is 17.1 Å². The average Bonchev–Trinajstić information content (AvgIpc) is 1.92. The lowest BCUT2D eigenvalue weighted by Gasteiger charge is -2.12. The molecule has 0 aromatic carbocycles. The molecule has 2 heteroatoms. The van der Waals surface area contributed by atoms with Crippen LogP contribution in [0.2, 0.25) is 0 Å². The summed E-state index contributed by atoms with van der Waals surface area (Å²) in [4.78, 5) is 11.1. The number of carbonyl (C=O) groups excluding carboxylic acids is 1. The van der Waals surface area contributed by atoms with Crippen molar-refractivity contribution in [3.05, 3.63) is 0 Å². The first-order chi connectivity index (χ1) is 4.80. The minimum Gasteiger partial charge on any atom is -0.298 e. The molecule has 1 nitrogen and oxygen atoms in total. The van der Waals surface area contributed by atoms with Gasteiger partial charge in [0.1, 0.15) is 5.78 Å². The zero-order valence-electron chi connectivity index (χ0n) is 6.18. The number of carbonyl (C=O) groups is 1. The highest BCUT2D eigenvalue weighted by Gasteiger charge is 2.14. The second-order valence-electron chi connectivity index (χ2n) is 2.93. The maximum atomic E-state index is 11.1. The maximum absolute atomic E-state index is 11.1. The van der Waals surface area contributed by atoms with Crippen LogP contribution < -0.4 is 0 Å². The molecular formula is C8H14OS. The smallest absolute Gasteiger partial charge is 0.145 e. The van der Waals surface area contributed by atoms with Crippen molar-refractivity contribution in [3.8, 4) is 0 Å². The summed E-state index contributed by atoms with van der Waals surface area (Å²) in [5.41, 5.74) is 0. The van der Waals surface area contributed by atoms with Crippen LogP contribution >= 0.6 is 12.6 Å².